The van der Waals surface area contributed by atoms with E-state index in [9.17, 15) is 28.8 Å². The number of benzene rings is 2. The molecule has 222 valence electrons. The van der Waals surface area contributed by atoms with Gasteiger partial charge in [0.25, 0.3) is 17.6 Å². The van der Waals surface area contributed by atoms with E-state index in [0.29, 0.717) is 16.2 Å². The third kappa shape index (κ3) is 6.26. The fraction of sp³-hybridized carbons (Fsp3) is 0.250. The highest BCUT2D eigenvalue weighted by atomic mass is 35.5. The molecule has 2 fully saturated rings. The van der Waals surface area contributed by atoms with Crippen molar-refractivity contribution in [3.8, 4) is 0 Å². The number of nitrogens with zero attached hydrogens (tertiary/aromatic N) is 2. The van der Waals surface area contributed by atoms with Crippen molar-refractivity contribution in [2.45, 2.75) is 30.7 Å². The van der Waals surface area contributed by atoms with Gasteiger partial charge in [-0.25, -0.2) is 9.78 Å². The van der Waals surface area contributed by atoms with Gasteiger partial charge in [-0.1, -0.05) is 60.7 Å². The van der Waals surface area contributed by atoms with Crippen molar-refractivity contribution in [2.75, 3.05) is 17.8 Å². The maximum absolute atomic E-state index is 13.8. The van der Waals surface area contributed by atoms with Crippen molar-refractivity contribution < 1.29 is 43.1 Å². The van der Waals surface area contributed by atoms with Crippen molar-refractivity contribution in [1.29, 1.82) is 0 Å². The molecule has 0 saturated carbocycles. The lowest BCUT2D eigenvalue weighted by Gasteiger charge is -2.34. The molecule has 15 heteroatoms. The van der Waals surface area contributed by atoms with E-state index in [1.54, 1.807) is 60.7 Å². The third-order valence-electron chi connectivity index (χ3n) is 6.51. The monoisotopic (exact) mass is 626 g/mol. The number of esters is 2. The molecule has 43 heavy (non-hydrogen) atoms. The van der Waals surface area contributed by atoms with Crippen LogP contribution in [0.15, 0.2) is 66.0 Å². The zero-order valence-electron chi connectivity index (χ0n) is 22.2. The minimum atomic E-state index is -2.26. The summed E-state index contributed by atoms with van der Waals surface area (Å²) in [6.45, 7) is -0.459. The molecule has 2 saturated heterocycles. The Morgan fingerprint density at radius 3 is 2.30 bits per heavy atom. The number of hydrogen-bond donors (Lipinski definition) is 2. The molecule has 2 atom stereocenters. The molecule has 5 rings (SSSR count). The van der Waals surface area contributed by atoms with Crippen LogP contribution < -0.4 is 10.6 Å². The average Bonchev–Trinajstić information content (AvgIpc) is 3.75. The predicted octanol–water partition coefficient (Wildman–Crippen LogP) is 2.13. The number of rotatable bonds is 10. The minimum absolute atomic E-state index is 0.0565. The van der Waals surface area contributed by atoms with E-state index in [0.717, 1.165) is 11.3 Å². The van der Waals surface area contributed by atoms with Gasteiger partial charge >= 0.3 is 17.7 Å². The smallest absolute Gasteiger partial charge is 0.376 e. The minimum Gasteiger partial charge on any atom is -0.448 e. The van der Waals surface area contributed by atoms with Gasteiger partial charge in [0.15, 0.2) is 11.2 Å². The third-order valence-corrected chi connectivity index (χ3v) is 7.51. The van der Waals surface area contributed by atoms with E-state index < -0.39 is 59.9 Å². The van der Waals surface area contributed by atoms with Crippen LogP contribution in [0.4, 0.5) is 5.13 Å². The number of thiazole rings is 1. The van der Waals surface area contributed by atoms with Gasteiger partial charge in [0, 0.05) is 11.8 Å². The van der Waals surface area contributed by atoms with Crippen LogP contribution in [0.1, 0.15) is 40.6 Å². The number of hydroxylamine groups is 2. The molecule has 0 radical (unpaired) electrons. The number of anilines is 1. The van der Waals surface area contributed by atoms with Crippen molar-refractivity contribution in [1.82, 2.24) is 15.4 Å². The van der Waals surface area contributed by atoms with E-state index >= 15 is 0 Å². The largest absolute Gasteiger partial charge is 0.448 e. The fourth-order valence-electron chi connectivity index (χ4n) is 4.45. The molecule has 2 aliphatic heterocycles. The first-order chi connectivity index (χ1) is 20.7. The summed E-state index contributed by atoms with van der Waals surface area (Å²) in [6, 6.07) is 16.3. The van der Waals surface area contributed by atoms with E-state index in [1.165, 1.54) is 5.38 Å². The van der Waals surface area contributed by atoms with Gasteiger partial charge in [-0.05, 0) is 11.1 Å². The summed E-state index contributed by atoms with van der Waals surface area (Å²) < 4.78 is 11.3. The van der Waals surface area contributed by atoms with E-state index in [1.807, 2.05) is 0 Å². The average molecular weight is 627 g/mol. The molecule has 13 nitrogen and oxygen atoms in total. The Kier molecular flexibility index (Phi) is 8.80. The Morgan fingerprint density at radius 1 is 1.07 bits per heavy atom. The van der Waals surface area contributed by atoms with Crippen LogP contribution in [0.2, 0.25) is 0 Å². The zero-order valence-corrected chi connectivity index (χ0v) is 23.8. The van der Waals surface area contributed by atoms with Crippen molar-refractivity contribution in [3.63, 3.8) is 0 Å². The molecule has 3 aromatic rings. The zero-order chi connectivity index (χ0) is 30.6. The van der Waals surface area contributed by atoms with Crippen LogP contribution in [0.25, 0.3) is 0 Å². The number of amides is 3. The second-order valence-corrected chi connectivity index (χ2v) is 10.5. The van der Waals surface area contributed by atoms with E-state index in [-0.39, 0.29) is 29.5 Å². The lowest BCUT2D eigenvalue weighted by atomic mass is 10.0. The molecule has 1 aromatic heterocycles. The number of carbonyl (C=O) groups is 6. The second-order valence-electron chi connectivity index (χ2n) is 9.37. The summed E-state index contributed by atoms with van der Waals surface area (Å²) >= 11 is 6.34. The molecule has 2 aromatic carbocycles. The molecule has 2 aliphatic rings. The van der Waals surface area contributed by atoms with Crippen LogP contribution in [-0.4, -0.2) is 69.7 Å². The van der Waals surface area contributed by atoms with Gasteiger partial charge in [0.05, 0.1) is 6.42 Å². The maximum atomic E-state index is 13.8. The normalized spacial score (nSPS) is 19.7. The summed E-state index contributed by atoms with van der Waals surface area (Å²) in [5.74, 6) is -5.88. The van der Waals surface area contributed by atoms with E-state index in [4.69, 9.17) is 25.9 Å². The first-order valence-electron chi connectivity index (χ1n) is 12.9. The van der Waals surface area contributed by atoms with Crippen LogP contribution in [0, 0.1) is 0 Å². The molecular weight excluding hydrogens is 604 g/mol. The van der Waals surface area contributed by atoms with Crippen molar-refractivity contribution in [2.24, 2.45) is 0 Å². The van der Waals surface area contributed by atoms with Gasteiger partial charge in [0.1, 0.15) is 24.2 Å². The number of hydrogen-bond acceptors (Lipinski definition) is 11. The number of Topliss-reactive ketones (excluding diaryl/α,β-unsaturated/α-hetero) is 1. The molecule has 1 unspecified atom stereocenters. The number of halogens is 1. The Morgan fingerprint density at radius 2 is 1.72 bits per heavy atom. The van der Waals surface area contributed by atoms with Gasteiger partial charge < -0.3 is 20.1 Å². The van der Waals surface area contributed by atoms with Crippen molar-refractivity contribution in [3.05, 3.63) is 82.9 Å². The summed E-state index contributed by atoms with van der Waals surface area (Å²) in [5.41, 5.74) is -1.27. The molecule has 2 N–H and O–H groups in total. The summed E-state index contributed by atoms with van der Waals surface area (Å²) in [7, 11) is 0. The fourth-order valence-corrected chi connectivity index (χ4v) is 5.23. The predicted molar refractivity (Wildman–Crippen MR) is 149 cm³/mol. The highest BCUT2D eigenvalue weighted by Crippen LogP contribution is 2.37. The Balaban J connectivity index is 1.32. The molecule has 0 bridgehead atoms. The van der Waals surface area contributed by atoms with E-state index in [2.05, 4.69) is 15.6 Å². The topological polar surface area (TPSA) is 170 Å². The number of carbonyl (C=O) groups excluding carboxylic acids is 6. The SMILES string of the molecule is O=C(CCl)Nc1nc(C(=O)C(=O)N[C@H]2CON(C3(C(=O)OC(c4ccccc4)c4ccccc4)CCC(=O)O3)C2=O)cs1. The number of nitrogens with one attached hydrogen (secondary N) is 2. The first kappa shape index (κ1) is 29.8. The van der Waals surface area contributed by atoms with Crippen LogP contribution in [0.5, 0.6) is 0 Å². The highest BCUT2D eigenvalue weighted by Gasteiger charge is 2.60. The first-order valence-corrected chi connectivity index (χ1v) is 14.3. The highest BCUT2D eigenvalue weighted by molar-refractivity contribution is 7.14. The number of alkyl halides is 1. The van der Waals surface area contributed by atoms with Gasteiger partial charge in [-0.15, -0.1) is 22.9 Å². The maximum Gasteiger partial charge on any atom is 0.376 e. The molecule has 0 spiro atoms. The summed E-state index contributed by atoms with van der Waals surface area (Å²) in [6.07, 6.45) is -1.37. The van der Waals surface area contributed by atoms with Gasteiger partial charge in [0.2, 0.25) is 5.91 Å². The number of cyclic esters (lactones) is 1. The molecule has 3 heterocycles. The van der Waals surface area contributed by atoms with Crippen LogP contribution in [0.3, 0.4) is 0 Å². The Labute approximate surface area is 253 Å². The molecule has 0 aliphatic carbocycles. The molecular formula is C28H23ClN4O9S. The number of aromatic nitrogens is 1. The lowest BCUT2D eigenvalue weighted by molar-refractivity contribution is -0.260. The standard InChI is InChI=1S/C28H23ClN4O9S/c29-13-20(34)32-27-31-19(15-43-27)22(36)24(37)30-18-14-40-33(25(18)38)28(12-11-21(35)42-28)26(39)41-23(16-7-3-1-4-8-16)17-9-5-2-6-10-17/h1-10,15,18,23H,11-14H2,(H,30,37)(H,31,32,34)/t18-,28?/m0/s1. The van der Waals surface area contributed by atoms with Crippen LogP contribution in [-0.2, 0) is 38.3 Å². The van der Waals surface area contributed by atoms with Crippen LogP contribution >= 0.6 is 22.9 Å². The quantitative estimate of drug-likeness (QED) is 0.147. The van der Waals surface area contributed by atoms with Gasteiger partial charge in [-0.2, -0.15) is 5.06 Å². The second kappa shape index (κ2) is 12.7. The number of ether oxygens (including phenoxy) is 2. The Bertz CT molecular complexity index is 1530. The Hall–Kier alpha value is -4.66. The van der Waals surface area contributed by atoms with Crippen molar-refractivity contribution >= 4 is 63.5 Å². The molecule has 3 amide bonds. The summed E-state index contributed by atoms with van der Waals surface area (Å²) in [5, 5.41) is 6.52. The van der Waals surface area contributed by atoms with Gasteiger partial charge in [-0.3, -0.25) is 28.8 Å². The number of ketones is 1. The lowest BCUT2D eigenvalue weighted by Crippen LogP contribution is -2.57. The summed E-state index contributed by atoms with van der Waals surface area (Å²) in [4.78, 5) is 85.5.